The fourth-order valence-corrected chi connectivity index (χ4v) is 2.70. The smallest absolute Gasteiger partial charge is 0.128 e. The molecule has 0 amide bonds. The van der Waals surface area contributed by atoms with E-state index in [1.165, 1.54) is 6.07 Å². The highest BCUT2D eigenvalue weighted by atomic mass is 35.5. The highest BCUT2D eigenvalue weighted by Gasteiger charge is 2.12. The Balaban J connectivity index is 1.97. The first kappa shape index (κ1) is 14.1. The third-order valence-electron chi connectivity index (χ3n) is 3.61. The quantitative estimate of drug-likeness (QED) is 0.694. The summed E-state index contributed by atoms with van der Waals surface area (Å²) in [6, 6.07) is 3.30. The van der Waals surface area contributed by atoms with E-state index >= 15 is 0 Å². The van der Waals surface area contributed by atoms with Crippen LogP contribution in [0.5, 0.6) is 0 Å². The maximum Gasteiger partial charge on any atom is 0.128 e. The summed E-state index contributed by atoms with van der Waals surface area (Å²) in [4.78, 5) is 4.42. The number of benzene rings is 1. The Bertz CT molecular complexity index is 790. The lowest BCUT2D eigenvalue weighted by molar-refractivity contribution is 0.620. The lowest BCUT2D eigenvalue weighted by Gasteiger charge is -2.07. The Hall–Kier alpha value is -1.88. The molecule has 3 rings (SSSR count). The lowest BCUT2D eigenvalue weighted by atomic mass is 10.2. The minimum atomic E-state index is -0.236. The molecular weight excluding hydrogens is 291 g/mol. The van der Waals surface area contributed by atoms with Crippen LogP contribution in [0.3, 0.4) is 0 Å². The van der Waals surface area contributed by atoms with Gasteiger partial charge in [-0.2, -0.15) is 5.10 Å². The Labute approximate surface area is 127 Å². The van der Waals surface area contributed by atoms with Crippen molar-refractivity contribution in [3.8, 4) is 0 Å². The van der Waals surface area contributed by atoms with Crippen molar-refractivity contribution in [2.24, 2.45) is 7.05 Å². The van der Waals surface area contributed by atoms with Gasteiger partial charge in [0.05, 0.1) is 23.1 Å². The van der Waals surface area contributed by atoms with Gasteiger partial charge in [0, 0.05) is 25.9 Å². The molecule has 0 aliphatic carbocycles. The summed E-state index contributed by atoms with van der Waals surface area (Å²) in [6.07, 6.45) is 4.68. The van der Waals surface area contributed by atoms with Gasteiger partial charge < -0.3 is 4.57 Å². The summed E-state index contributed by atoms with van der Waals surface area (Å²) in [5, 5.41) is 4.16. The summed E-state index contributed by atoms with van der Waals surface area (Å²) in [5.41, 5.74) is 3.35. The average molecular weight is 307 g/mol. The number of imidazole rings is 1. The number of aromatic nitrogens is 4. The van der Waals surface area contributed by atoms with Crippen molar-refractivity contribution < 1.29 is 4.39 Å². The summed E-state index contributed by atoms with van der Waals surface area (Å²) in [5.74, 6) is 0.837. The maximum atomic E-state index is 13.7. The fourth-order valence-electron chi connectivity index (χ4n) is 2.49. The standard InChI is InChI=1S/C15H16ClFN4/c1-10-5-14-13(6-12(10)17)19-15(7-16)21(14)4-3-11-8-18-20(2)9-11/h5-6,8-9H,3-4,7H2,1-2H3. The molecule has 2 heterocycles. The molecule has 4 nitrogen and oxygen atoms in total. The number of aryl methyl sites for hydroxylation is 4. The van der Waals surface area contributed by atoms with Gasteiger partial charge in [-0.3, -0.25) is 4.68 Å². The Morgan fingerprint density at radius 3 is 2.81 bits per heavy atom. The second kappa shape index (κ2) is 5.48. The molecule has 0 aliphatic heterocycles. The van der Waals surface area contributed by atoms with E-state index in [0.29, 0.717) is 17.0 Å². The Kier molecular flexibility index (Phi) is 3.68. The zero-order valence-electron chi connectivity index (χ0n) is 12.0. The molecule has 2 aromatic heterocycles. The minimum absolute atomic E-state index is 0.236. The Morgan fingerprint density at radius 1 is 1.33 bits per heavy atom. The SMILES string of the molecule is Cc1cc2c(cc1F)nc(CCl)n2CCc1cnn(C)c1. The number of nitrogens with zero attached hydrogens (tertiary/aromatic N) is 4. The molecule has 0 saturated heterocycles. The van der Waals surface area contributed by atoms with Crippen molar-refractivity contribution in [1.29, 1.82) is 0 Å². The van der Waals surface area contributed by atoms with E-state index in [1.54, 1.807) is 11.6 Å². The molecule has 21 heavy (non-hydrogen) atoms. The van der Waals surface area contributed by atoms with Gasteiger partial charge in [0.1, 0.15) is 11.6 Å². The molecule has 6 heteroatoms. The van der Waals surface area contributed by atoms with E-state index in [4.69, 9.17) is 11.6 Å². The molecule has 0 atom stereocenters. The number of halogens is 2. The molecule has 0 fully saturated rings. The predicted molar refractivity (Wildman–Crippen MR) is 80.9 cm³/mol. The molecule has 0 unspecified atom stereocenters. The molecule has 0 saturated carbocycles. The molecule has 1 aromatic carbocycles. The monoisotopic (exact) mass is 306 g/mol. The molecule has 0 bridgehead atoms. The van der Waals surface area contributed by atoms with Crippen LogP contribution in [-0.4, -0.2) is 19.3 Å². The zero-order valence-corrected chi connectivity index (χ0v) is 12.7. The highest BCUT2D eigenvalue weighted by Crippen LogP contribution is 2.22. The van der Waals surface area contributed by atoms with Crippen LogP contribution in [0.4, 0.5) is 4.39 Å². The normalized spacial score (nSPS) is 11.4. The topological polar surface area (TPSA) is 35.6 Å². The molecule has 0 spiro atoms. The van der Waals surface area contributed by atoms with Gasteiger partial charge in [-0.05, 0) is 30.5 Å². The third-order valence-corrected chi connectivity index (χ3v) is 3.85. The van der Waals surface area contributed by atoms with Crippen molar-refractivity contribution in [3.63, 3.8) is 0 Å². The molecule has 0 radical (unpaired) electrons. The van der Waals surface area contributed by atoms with E-state index in [-0.39, 0.29) is 5.82 Å². The van der Waals surface area contributed by atoms with Gasteiger partial charge >= 0.3 is 0 Å². The van der Waals surface area contributed by atoms with Crippen LogP contribution in [0.2, 0.25) is 0 Å². The van der Waals surface area contributed by atoms with Crippen LogP contribution in [-0.2, 0) is 25.9 Å². The van der Waals surface area contributed by atoms with Gasteiger partial charge in [-0.15, -0.1) is 11.6 Å². The summed E-state index contributed by atoms with van der Waals surface area (Å²) >= 11 is 5.98. The van der Waals surface area contributed by atoms with Gasteiger partial charge in [0.15, 0.2) is 0 Å². The van der Waals surface area contributed by atoms with Crippen molar-refractivity contribution in [2.45, 2.75) is 25.8 Å². The summed E-state index contributed by atoms with van der Waals surface area (Å²) in [7, 11) is 1.90. The average Bonchev–Trinajstić information content (AvgIpc) is 3.01. The van der Waals surface area contributed by atoms with Crippen molar-refractivity contribution >= 4 is 22.6 Å². The fraction of sp³-hybridized carbons (Fsp3) is 0.333. The first-order valence-corrected chi connectivity index (χ1v) is 7.30. The van der Waals surface area contributed by atoms with E-state index in [9.17, 15) is 4.39 Å². The molecule has 3 aromatic rings. The number of alkyl halides is 1. The van der Waals surface area contributed by atoms with Crippen LogP contribution >= 0.6 is 11.6 Å². The number of hydrogen-bond acceptors (Lipinski definition) is 2. The largest absolute Gasteiger partial charge is 0.327 e. The van der Waals surface area contributed by atoms with Crippen LogP contribution in [0, 0.1) is 12.7 Å². The van der Waals surface area contributed by atoms with E-state index < -0.39 is 0 Å². The maximum absolute atomic E-state index is 13.7. The number of rotatable bonds is 4. The van der Waals surface area contributed by atoms with E-state index in [1.807, 2.05) is 25.5 Å². The van der Waals surface area contributed by atoms with Gasteiger partial charge in [-0.1, -0.05) is 0 Å². The molecule has 110 valence electrons. The molecule has 0 aliphatic rings. The molecular formula is C15H16ClFN4. The van der Waals surface area contributed by atoms with Gasteiger partial charge in [0.25, 0.3) is 0 Å². The summed E-state index contributed by atoms with van der Waals surface area (Å²) in [6.45, 7) is 2.50. The highest BCUT2D eigenvalue weighted by molar-refractivity contribution is 6.16. The van der Waals surface area contributed by atoms with E-state index in [0.717, 1.165) is 29.9 Å². The van der Waals surface area contributed by atoms with Crippen LogP contribution < -0.4 is 0 Å². The zero-order chi connectivity index (χ0) is 15.0. The van der Waals surface area contributed by atoms with Gasteiger partial charge in [0.2, 0.25) is 0 Å². The second-order valence-corrected chi connectivity index (χ2v) is 5.44. The van der Waals surface area contributed by atoms with Crippen molar-refractivity contribution in [3.05, 3.63) is 47.3 Å². The Morgan fingerprint density at radius 2 is 2.14 bits per heavy atom. The predicted octanol–water partition coefficient (Wildman–Crippen LogP) is 3.20. The second-order valence-electron chi connectivity index (χ2n) is 5.18. The number of fused-ring (bicyclic) bond motifs is 1. The van der Waals surface area contributed by atoms with Crippen LogP contribution in [0.25, 0.3) is 11.0 Å². The lowest BCUT2D eigenvalue weighted by Crippen LogP contribution is -2.05. The number of hydrogen-bond donors (Lipinski definition) is 0. The van der Waals surface area contributed by atoms with Crippen LogP contribution in [0.15, 0.2) is 24.5 Å². The van der Waals surface area contributed by atoms with Gasteiger partial charge in [-0.25, -0.2) is 9.37 Å². The first-order chi connectivity index (χ1) is 10.1. The molecule has 0 N–H and O–H groups in total. The van der Waals surface area contributed by atoms with E-state index in [2.05, 4.69) is 14.6 Å². The minimum Gasteiger partial charge on any atom is -0.327 e. The first-order valence-electron chi connectivity index (χ1n) is 6.77. The van der Waals surface area contributed by atoms with Crippen molar-refractivity contribution in [2.75, 3.05) is 0 Å². The van der Waals surface area contributed by atoms with Crippen molar-refractivity contribution in [1.82, 2.24) is 19.3 Å². The third kappa shape index (κ3) is 2.65. The summed E-state index contributed by atoms with van der Waals surface area (Å²) < 4.78 is 17.5. The van der Waals surface area contributed by atoms with Crippen LogP contribution in [0.1, 0.15) is 17.0 Å².